The van der Waals surface area contributed by atoms with Crippen LogP contribution in [0.3, 0.4) is 0 Å². The maximum atomic E-state index is 12.4. The number of halogens is 2. The van der Waals surface area contributed by atoms with Gasteiger partial charge in [-0.05, 0) is 36.8 Å². The fraction of sp³-hybridized carbons (Fsp3) is 0.333. The standard InChI is InChI=1S/C21H24Cl2N2O4/c1-2-3-4-7-12-28-18-9-6-5-8-16(18)21(27)25-24-20(26)14-29-19-11-10-15(22)13-17(19)23/h5-6,8-11,13H,2-4,7,12,14H2,1H3,(H,24,26)(H,25,27). The molecule has 2 amide bonds. The first-order valence-corrected chi connectivity index (χ1v) is 10.2. The van der Waals surface area contributed by atoms with Crippen molar-refractivity contribution in [1.82, 2.24) is 10.9 Å². The molecule has 0 radical (unpaired) electrons. The van der Waals surface area contributed by atoms with Crippen LogP contribution in [0.2, 0.25) is 10.0 Å². The van der Waals surface area contributed by atoms with Gasteiger partial charge in [-0.3, -0.25) is 20.4 Å². The highest BCUT2D eigenvalue weighted by atomic mass is 35.5. The van der Waals surface area contributed by atoms with E-state index >= 15 is 0 Å². The van der Waals surface area contributed by atoms with E-state index in [9.17, 15) is 9.59 Å². The highest BCUT2D eigenvalue weighted by Gasteiger charge is 2.13. The third-order valence-electron chi connectivity index (χ3n) is 3.96. The summed E-state index contributed by atoms with van der Waals surface area (Å²) in [5.74, 6) is -0.228. The van der Waals surface area contributed by atoms with E-state index in [-0.39, 0.29) is 6.61 Å². The van der Waals surface area contributed by atoms with E-state index in [0.29, 0.717) is 33.7 Å². The lowest BCUT2D eigenvalue weighted by atomic mass is 10.2. The number of amides is 2. The van der Waals surface area contributed by atoms with Crippen LogP contribution < -0.4 is 20.3 Å². The topological polar surface area (TPSA) is 76.7 Å². The van der Waals surface area contributed by atoms with Crippen LogP contribution in [0.25, 0.3) is 0 Å². The van der Waals surface area contributed by atoms with Gasteiger partial charge in [-0.2, -0.15) is 0 Å². The molecule has 0 aliphatic rings. The van der Waals surface area contributed by atoms with Crippen molar-refractivity contribution in [1.29, 1.82) is 0 Å². The SMILES string of the molecule is CCCCCCOc1ccccc1C(=O)NNC(=O)COc1ccc(Cl)cc1Cl. The molecular weight excluding hydrogens is 415 g/mol. The Balaban J connectivity index is 1.81. The van der Waals surface area contributed by atoms with Gasteiger partial charge < -0.3 is 9.47 Å². The Kier molecular flexibility index (Phi) is 9.60. The molecular formula is C21H24Cl2N2O4. The number of carbonyl (C=O) groups excluding carboxylic acids is 2. The van der Waals surface area contributed by atoms with Crippen LogP contribution in [0.4, 0.5) is 0 Å². The quantitative estimate of drug-likeness (QED) is 0.412. The smallest absolute Gasteiger partial charge is 0.276 e. The number of benzene rings is 2. The normalized spacial score (nSPS) is 10.3. The molecule has 0 aliphatic heterocycles. The maximum Gasteiger partial charge on any atom is 0.276 e. The second-order valence-corrected chi connectivity index (χ2v) is 7.11. The number of hydrogen-bond donors (Lipinski definition) is 2. The molecule has 8 heteroatoms. The largest absolute Gasteiger partial charge is 0.493 e. The third kappa shape index (κ3) is 7.83. The molecule has 0 aliphatic carbocycles. The number of ether oxygens (including phenoxy) is 2. The van der Waals surface area contributed by atoms with Crippen molar-refractivity contribution in [2.45, 2.75) is 32.6 Å². The van der Waals surface area contributed by atoms with Gasteiger partial charge in [0.1, 0.15) is 11.5 Å². The van der Waals surface area contributed by atoms with Crippen molar-refractivity contribution >= 4 is 35.0 Å². The number of rotatable bonds is 10. The van der Waals surface area contributed by atoms with E-state index < -0.39 is 11.8 Å². The van der Waals surface area contributed by atoms with Gasteiger partial charge in [-0.15, -0.1) is 0 Å². The lowest BCUT2D eigenvalue weighted by molar-refractivity contribution is -0.123. The van der Waals surface area contributed by atoms with Crippen molar-refractivity contribution in [3.05, 3.63) is 58.1 Å². The molecule has 0 fully saturated rings. The van der Waals surface area contributed by atoms with E-state index in [1.807, 2.05) is 0 Å². The Hall–Kier alpha value is -2.44. The highest BCUT2D eigenvalue weighted by molar-refractivity contribution is 6.35. The predicted molar refractivity (Wildman–Crippen MR) is 114 cm³/mol. The highest BCUT2D eigenvalue weighted by Crippen LogP contribution is 2.27. The molecule has 2 N–H and O–H groups in total. The summed E-state index contributed by atoms with van der Waals surface area (Å²) in [6.07, 6.45) is 4.30. The van der Waals surface area contributed by atoms with E-state index in [1.54, 1.807) is 36.4 Å². The van der Waals surface area contributed by atoms with Crippen molar-refractivity contribution in [3.8, 4) is 11.5 Å². The summed E-state index contributed by atoms with van der Waals surface area (Å²) >= 11 is 11.8. The van der Waals surface area contributed by atoms with Gasteiger partial charge in [0.25, 0.3) is 11.8 Å². The second-order valence-electron chi connectivity index (χ2n) is 6.27. The fourth-order valence-electron chi connectivity index (χ4n) is 2.46. The number of unbranched alkanes of at least 4 members (excludes halogenated alkanes) is 3. The minimum Gasteiger partial charge on any atom is -0.493 e. The van der Waals surface area contributed by atoms with Crippen molar-refractivity contribution < 1.29 is 19.1 Å². The minimum absolute atomic E-state index is 0.291. The van der Waals surface area contributed by atoms with Gasteiger partial charge in [0.15, 0.2) is 6.61 Å². The zero-order valence-corrected chi connectivity index (χ0v) is 17.7. The summed E-state index contributed by atoms with van der Waals surface area (Å²) in [7, 11) is 0. The first-order chi connectivity index (χ1) is 14.0. The Labute approximate surface area is 180 Å². The average Bonchev–Trinajstić information content (AvgIpc) is 2.71. The van der Waals surface area contributed by atoms with Crippen LogP contribution in [-0.2, 0) is 4.79 Å². The molecule has 0 aromatic heterocycles. The Morgan fingerprint density at radius 1 is 0.931 bits per heavy atom. The van der Waals surface area contributed by atoms with Gasteiger partial charge in [0, 0.05) is 5.02 Å². The molecule has 2 rings (SSSR count). The van der Waals surface area contributed by atoms with Gasteiger partial charge in [-0.1, -0.05) is 61.5 Å². The summed E-state index contributed by atoms with van der Waals surface area (Å²) in [4.78, 5) is 24.3. The molecule has 2 aromatic rings. The van der Waals surface area contributed by atoms with Crippen LogP contribution >= 0.6 is 23.2 Å². The molecule has 0 unspecified atom stereocenters. The summed E-state index contributed by atoms with van der Waals surface area (Å²) in [5.41, 5.74) is 5.00. The van der Waals surface area contributed by atoms with Crippen LogP contribution in [0, 0.1) is 0 Å². The van der Waals surface area contributed by atoms with Crippen molar-refractivity contribution in [2.24, 2.45) is 0 Å². The summed E-state index contributed by atoms with van der Waals surface area (Å²) in [5, 5.41) is 0.754. The molecule has 29 heavy (non-hydrogen) atoms. The van der Waals surface area contributed by atoms with Crippen LogP contribution in [0.15, 0.2) is 42.5 Å². The van der Waals surface area contributed by atoms with Crippen molar-refractivity contribution in [2.75, 3.05) is 13.2 Å². The number of nitrogens with one attached hydrogen (secondary N) is 2. The minimum atomic E-state index is -0.540. The number of carbonyl (C=O) groups is 2. The van der Waals surface area contributed by atoms with E-state index in [1.165, 1.54) is 6.07 Å². The molecule has 6 nitrogen and oxygen atoms in total. The monoisotopic (exact) mass is 438 g/mol. The van der Waals surface area contributed by atoms with Gasteiger partial charge in [-0.25, -0.2) is 0 Å². The van der Waals surface area contributed by atoms with Crippen molar-refractivity contribution in [3.63, 3.8) is 0 Å². The first kappa shape index (κ1) is 22.8. The zero-order chi connectivity index (χ0) is 21.1. The summed E-state index contributed by atoms with van der Waals surface area (Å²) < 4.78 is 11.0. The molecule has 0 bridgehead atoms. The third-order valence-corrected chi connectivity index (χ3v) is 4.49. The van der Waals surface area contributed by atoms with Gasteiger partial charge >= 0.3 is 0 Å². The number of hydrazine groups is 1. The molecule has 0 saturated carbocycles. The average molecular weight is 439 g/mol. The predicted octanol–water partition coefficient (Wildman–Crippen LogP) is 4.79. The molecule has 0 spiro atoms. The molecule has 156 valence electrons. The van der Waals surface area contributed by atoms with Crippen LogP contribution in [-0.4, -0.2) is 25.0 Å². The van der Waals surface area contributed by atoms with E-state index in [4.69, 9.17) is 32.7 Å². The number of para-hydroxylation sites is 1. The Bertz CT molecular complexity index is 830. The Morgan fingerprint density at radius 3 is 2.48 bits per heavy atom. The Morgan fingerprint density at radius 2 is 1.72 bits per heavy atom. The van der Waals surface area contributed by atoms with Gasteiger partial charge in [0.05, 0.1) is 17.2 Å². The fourth-order valence-corrected chi connectivity index (χ4v) is 2.92. The molecule has 0 atom stereocenters. The zero-order valence-electron chi connectivity index (χ0n) is 16.2. The summed E-state index contributed by atoms with van der Waals surface area (Å²) in [6.45, 7) is 2.35. The van der Waals surface area contributed by atoms with Gasteiger partial charge in [0.2, 0.25) is 0 Å². The van der Waals surface area contributed by atoms with Crippen LogP contribution in [0.5, 0.6) is 11.5 Å². The molecule has 2 aromatic carbocycles. The summed E-state index contributed by atoms with van der Waals surface area (Å²) in [6, 6.07) is 11.5. The molecule has 0 saturated heterocycles. The van der Waals surface area contributed by atoms with E-state index in [2.05, 4.69) is 17.8 Å². The van der Waals surface area contributed by atoms with E-state index in [0.717, 1.165) is 25.7 Å². The first-order valence-electron chi connectivity index (χ1n) is 9.40. The second kappa shape index (κ2) is 12.2. The number of hydrogen-bond acceptors (Lipinski definition) is 4. The van der Waals surface area contributed by atoms with Crippen LogP contribution in [0.1, 0.15) is 43.0 Å². The lowest BCUT2D eigenvalue weighted by Gasteiger charge is -2.13. The lowest BCUT2D eigenvalue weighted by Crippen LogP contribution is -2.43. The molecule has 0 heterocycles. The maximum absolute atomic E-state index is 12.4.